The molecule has 13 nitrogen and oxygen atoms in total. The molecule has 6 N–H and O–H groups in total. The Balaban J connectivity index is 2.58. The third-order valence-corrected chi connectivity index (χ3v) is 7.73. The lowest BCUT2D eigenvalue weighted by atomic mass is 9.99. The van der Waals surface area contributed by atoms with E-state index in [0.29, 0.717) is 5.56 Å². The highest BCUT2D eigenvalue weighted by molar-refractivity contribution is 8.13. The Hall–Kier alpha value is -3.94. The van der Waals surface area contributed by atoms with E-state index in [2.05, 4.69) is 26.6 Å². The van der Waals surface area contributed by atoms with Crippen LogP contribution in [0.25, 0.3) is 0 Å². The molecule has 1 heterocycles. The second-order valence-electron chi connectivity index (χ2n) is 11.7. The number of amides is 5. The second-order valence-corrected chi connectivity index (χ2v) is 12.7. The molecule has 0 spiro atoms. The van der Waals surface area contributed by atoms with Crippen LogP contribution < -0.4 is 26.6 Å². The predicted octanol–water partition coefficient (Wildman–Crippen LogP) is 0.513. The quantitative estimate of drug-likeness (QED) is 0.224. The highest BCUT2D eigenvalue weighted by Gasteiger charge is 2.35. The van der Waals surface area contributed by atoms with Gasteiger partial charge in [0.2, 0.25) is 34.7 Å². The van der Waals surface area contributed by atoms with E-state index in [-0.39, 0.29) is 36.9 Å². The second kappa shape index (κ2) is 17.4. The van der Waals surface area contributed by atoms with Gasteiger partial charge in [0.05, 0.1) is 12.5 Å². The van der Waals surface area contributed by atoms with E-state index in [4.69, 9.17) is 0 Å². The largest absolute Gasteiger partial charge is 0.481 e. The van der Waals surface area contributed by atoms with Crippen molar-refractivity contribution in [1.82, 2.24) is 26.6 Å². The van der Waals surface area contributed by atoms with Crippen LogP contribution >= 0.6 is 11.8 Å². The summed E-state index contributed by atoms with van der Waals surface area (Å²) in [5.41, 5.74) is 0.677. The van der Waals surface area contributed by atoms with Crippen molar-refractivity contribution in [2.45, 2.75) is 90.5 Å². The maximum atomic E-state index is 13.7. The van der Waals surface area contributed by atoms with Crippen molar-refractivity contribution in [2.75, 3.05) is 5.75 Å². The molecule has 1 aromatic carbocycles. The Morgan fingerprint density at radius 1 is 0.795 bits per heavy atom. The molecule has 1 aliphatic rings. The van der Waals surface area contributed by atoms with Crippen LogP contribution in [0.1, 0.15) is 59.4 Å². The molecule has 5 amide bonds. The van der Waals surface area contributed by atoms with E-state index in [1.165, 1.54) is 6.92 Å². The normalized spacial score (nSPS) is 24.2. The fourth-order valence-corrected chi connectivity index (χ4v) is 5.54. The molecule has 0 radical (unpaired) electrons. The van der Waals surface area contributed by atoms with Gasteiger partial charge in [0.1, 0.15) is 24.2 Å². The van der Waals surface area contributed by atoms with Gasteiger partial charge in [-0.2, -0.15) is 0 Å². The molecule has 1 saturated heterocycles. The minimum atomic E-state index is -1.61. The number of carbonyl (C=O) groups is 7. The highest BCUT2D eigenvalue weighted by Crippen LogP contribution is 2.17. The molecule has 0 saturated carbocycles. The maximum absolute atomic E-state index is 13.7. The Morgan fingerprint density at radius 3 is 1.86 bits per heavy atom. The van der Waals surface area contributed by atoms with Crippen molar-refractivity contribution in [3.05, 3.63) is 35.9 Å². The van der Waals surface area contributed by atoms with Gasteiger partial charge in [-0.05, 0) is 30.2 Å². The number of nitrogens with one attached hydrogen (secondary N) is 5. The molecule has 1 fully saturated rings. The Labute approximate surface area is 261 Å². The first-order valence-corrected chi connectivity index (χ1v) is 15.6. The maximum Gasteiger partial charge on any atom is 0.305 e. The zero-order valence-electron chi connectivity index (χ0n) is 25.7. The van der Waals surface area contributed by atoms with E-state index in [1.54, 1.807) is 30.3 Å². The molecule has 0 aliphatic carbocycles. The first-order chi connectivity index (χ1) is 20.7. The van der Waals surface area contributed by atoms with Gasteiger partial charge >= 0.3 is 5.97 Å². The smallest absolute Gasteiger partial charge is 0.305 e. The van der Waals surface area contributed by atoms with Crippen LogP contribution in [0.2, 0.25) is 0 Å². The number of rotatable bonds is 9. The zero-order valence-corrected chi connectivity index (χ0v) is 26.5. The van der Waals surface area contributed by atoms with Gasteiger partial charge in [-0.1, -0.05) is 69.8 Å². The van der Waals surface area contributed by atoms with Crippen molar-refractivity contribution in [3.8, 4) is 0 Å². The van der Waals surface area contributed by atoms with Crippen LogP contribution in [0.5, 0.6) is 0 Å². The average molecular weight is 634 g/mol. The van der Waals surface area contributed by atoms with Crippen LogP contribution in [0.15, 0.2) is 30.3 Å². The van der Waals surface area contributed by atoms with Crippen molar-refractivity contribution < 1.29 is 38.7 Å². The van der Waals surface area contributed by atoms with Crippen molar-refractivity contribution in [2.24, 2.45) is 11.8 Å². The third-order valence-electron chi connectivity index (χ3n) is 6.66. The minimum absolute atomic E-state index is 0.00177. The van der Waals surface area contributed by atoms with Gasteiger partial charge in [-0.15, -0.1) is 0 Å². The van der Waals surface area contributed by atoms with E-state index in [9.17, 15) is 38.7 Å². The molecule has 1 aromatic rings. The molecule has 242 valence electrons. The summed E-state index contributed by atoms with van der Waals surface area (Å²) in [6.45, 7) is 8.67. The minimum Gasteiger partial charge on any atom is -0.481 e. The first kappa shape index (κ1) is 36.3. The van der Waals surface area contributed by atoms with Crippen LogP contribution in [0.4, 0.5) is 0 Å². The monoisotopic (exact) mass is 633 g/mol. The Morgan fingerprint density at radius 2 is 1.30 bits per heavy atom. The van der Waals surface area contributed by atoms with Gasteiger partial charge in [0.25, 0.3) is 0 Å². The molecule has 2 rings (SSSR count). The summed E-state index contributed by atoms with van der Waals surface area (Å²) in [6.07, 6.45) is -0.293. The van der Waals surface area contributed by atoms with E-state index >= 15 is 0 Å². The van der Waals surface area contributed by atoms with Gasteiger partial charge < -0.3 is 31.7 Å². The number of hydrogen-bond donors (Lipinski definition) is 6. The predicted molar refractivity (Wildman–Crippen MR) is 164 cm³/mol. The summed E-state index contributed by atoms with van der Waals surface area (Å²) < 4.78 is 0. The molecule has 5 atom stereocenters. The van der Waals surface area contributed by atoms with E-state index < -0.39 is 77.3 Å². The van der Waals surface area contributed by atoms with Crippen molar-refractivity contribution in [1.29, 1.82) is 0 Å². The third kappa shape index (κ3) is 12.3. The molecule has 0 bridgehead atoms. The van der Waals surface area contributed by atoms with Crippen LogP contribution in [-0.2, 0) is 40.0 Å². The first-order valence-electron chi connectivity index (χ1n) is 14.6. The molecule has 14 heteroatoms. The van der Waals surface area contributed by atoms with Gasteiger partial charge in [-0.3, -0.25) is 33.6 Å². The Bertz CT molecular complexity index is 1210. The molecule has 0 aromatic heterocycles. The van der Waals surface area contributed by atoms with E-state index in [1.807, 2.05) is 27.7 Å². The summed E-state index contributed by atoms with van der Waals surface area (Å²) in [5.74, 6) is -5.36. The molecular weight excluding hydrogens is 590 g/mol. The van der Waals surface area contributed by atoms with Crippen LogP contribution in [-0.4, -0.2) is 81.7 Å². The van der Waals surface area contributed by atoms with Gasteiger partial charge in [-0.25, -0.2) is 0 Å². The van der Waals surface area contributed by atoms with Crippen molar-refractivity contribution >= 4 is 52.4 Å². The lowest BCUT2D eigenvalue weighted by Gasteiger charge is -2.28. The fraction of sp³-hybridized carbons (Fsp3) is 0.567. The van der Waals surface area contributed by atoms with Crippen LogP contribution in [0, 0.1) is 11.8 Å². The van der Waals surface area contributed by atoms with Crippen molar-refractivity contribution in [3.63, 3.8) is 0 Å². The standard InChI is InChI=1S/C30H43N5O8S/c1-16(2)11-20-26(39)35-23(12-17(3)4)30(43)44-15-24(31-18(5)36)29(42)34-22(14-25(37)38)28(41)33-21(27(40)32-20)13-19-9-7-6-8-10-19/h6-10,16-17,20-24H,11-15H2,1-5H3,(H,31,36)(H,32,40)(H,33,41)(H,34,42)(H,35,39)(H,37,38)/t20-,21-,22-,23-,24+/m1/s1. The number of thioether (sulfide) groups is 1. The van der Waals surface area contributed by atoms with Crippen LogP contribution in [0.3, 0.4) is 0 Å². The lowest BCUT2D eigenvalue weighted by Crippen LogP contribution is -2.60. The molecule has 44 heavy (non-hydrogen) atoms. The summed E-state index contributed by atoms with van der Waals surface area (Å²) in [7, 11) is 0. The fourth-order valence-electron chi connectivity index (χ4n) is 4.61. The topological polar surface area (TPSA) is 200 Å². The SMILES string of the molecule is CC(=O)N[C@H]1CSC(=O)[C@@H](CC(C)C)NC(=O)[C@@H](CC(C)C)NC(=O)[C@@H](Cc2ccccc2)NC(=O)[C@@H](CC(=O)O)NC1=O. The number of carbonyl (C=O) groups excluding carboxylic acids is 6. The van der Waals surface area contributed by atoms with E-state index in [0.717, 1.165) is 11.8 Å². The van der Waals surface area contributed by atoms with Gasteiger partial charge in [0.15, 0.2) is 0 Å². The summed E-state index contributed by atoms with van der Waals surface area (Å²) >= 11 is 0.718. The number of carboxylic acid groups (broad SMARTS) is 1. The summed E-state index contributed by atoms with van der Waals surface area (Å²) in [5, 5.41) is 21.8. The lowest BCUT2D eigenvalue weighted by molar-refractivity contribution is -0.141. The molecule has 0 unspecified atom stereocenters. The Kier molecular flexibility index (Phi) is 14.3. The summed E-state index contributed by atoms with van der Waals surface area (Å²) in [4.78, 5) is 90.6. The average Bonchev–Trinajstić information content (AvgIpc) is 2.92. The number of carboxylic acids is 1. The molecular formula is C30H43N5O8S. The summed E-state index contributed by atoms with van der Waals surface area (Å²) in [6, 6.07) is 2.61. The number of aliphatic carboxylic acids is 1. The van der Waals surface area contributed by atoms with Gasteiger partial charge in [0, 0.05) is 19.1 Å². The zero-order chi connectivity index (χ0) is 33.0. The molecule has 1 aliphatic heterocycles. The number of hydrogen-bond acceptors (Lipinski definition) is 8. The highest BCUT2D eigenvalue weighted by atomic mass is 32.2. The number of benzene rings is 1.